The zero-order chi connectivity index (χ0) is 10.8. The van der Waals surface area contributed by atoms with Gasteiger partial charge in [0.1, 0.15) is 0 Å². The third-order valence-electron chi connectivity index (χ3n) is 1.48. The highest BCUT2D eigenvalue weighted by Crippen LogP contribution is 2.07. The average Bonchev–Trinajstić information content (AvgIpc) is 1.97. The van der Waals surface area contributed by atoms with Gasteiger partial charge in [-0.2, -0.15) is 8.42 Å². The molecule has 1 rings (SSSR count). The third-order valence-corrected chi connectivity index (χ3v) is 2.34. The van der Waals surface area contributed by atoms with Gasteiger partial charge >= 0.3 is 10.2 Å². The van der Waals surface area contributed by atoms with Crippen molar-refractivity contribution in [3.63, 3.8) is 0 Å². The lowest BCUT2D eigenvalue weighted by Gasteiger charge is -1.99. The summed E-state index contributed by atoms with van der Waals surface area (Å²) in [5.41, 5.74) is 1.04. The van der Waals surface area contributed by atoms with Crippen molar-refractivity contribution < 1.29 is 12.3 Å². The third kappa shape index (κ3) is 3.97. The van der Waals surface area contributed by atoms with E-state index < -0.39 is 16.0 Å². The molecule has 1 aromatic heterocycles. The Hall–Kier alpha value is -0.750. The molecule has 0 N–H and O–H groups in total. The van der Waals surface area contributed by atoms with Gasteiger partial charge in [0.2, 0.25) is 5.28 Å². The fourth-order valence-corrected chi connectivity index (χ4v) is 1.64. The number of hydrogen-bond acceptors (Lipinski definition) is 4. The summed E-state index contributed by atoms with van der Waals surface area (Å²) in [5, 5.41) is 0.0382. The predicted octanol–water partition coefficient (Wildman–Crippen LogP) is 1.28. The molecule has 1 heterocycles. The molecular weight excluding hydrogens is 231 g/mol. The van der Waals surface area contributed by atoms with Gasteiger partial charge in [-0.1, -0.05) is 0 Å². The van der Waals surface area contributed by atoms with Gasteiger partial charge in [-0.3, -0.25) is 0 Å². The molecule has 0 unspecified atom stereocenters. The molecule has 7 heteroatoms. The van der Waals surface area contributed by atoms with Crippen LogP contribution >= 0.6 is 11.6 Å². The van der Waals surface area contributed by atoms with Crippen LogP contribution in [0.1, 0.15) is 11.4 Å². The van der Waals surface area contributed by atoms with Crippen LogP contribution in [0.2, 0.25) is 5.28 Å². The molecular formula is C7H8ClFN2O2S. The van der Waals surface area contributed by atoms with Gasteiger partial charge in [-0.05, 0) is 24.6 Å². The minimum Gasteiger partial charge on any atom is -0.223 e. The fourth-order valence-electron chi connectivity index (χ4n) is 0.949. The first kappa shape index (κ1) is 11.3. The zero-order valence-corrected chi connectivity index (χ0v) is 8.94. The lowest BCUT2D eigenvalue weighted by molar-refractivity contribution is 0.551. The van der Waals surface area contributed by atoms with Gasteiger partial charge in [0, 0.05) is 17.8 Å². The molecule has 0 bridgehead atoms. The summed E-state index contributed by atoms with van der Waals surface area (Å²) < 4.78 is 32.6. The molecule has 0 aliphatic rings. The number of nitrogens with zero attached hydrogens (tertiary/aromatic N) is 2. The second-order valence-corrected chi connectivity index (χ2v) is 4.59. The minimum absolute atomic E-state index is 0.00190. The summed E-state index contributed by atoms with van der Waals surface area (Å²) in [5.74, 6) is -0.584. The molecule has 0 aliphatic carbocycles. The van der Waals surface area contributed by atoms with E-state index in [0.717, 1.165) is 0 Å². The Morgan fingerprint density at radius 2 is 2.14 bits per heavy atom. The number of halogens is 2. The van der Waals surface area contributed by atoms with Crippen LogP contribution in [-0.4, -0.2) is 24.1 Å². The molecule has 4 nitrogen and oxygen atoms in total. The molecule has 1 aromatic rings. The Balaban J connectivity index is 2.78. The average molecular weight is 239 g/mol. The molecule has 0 amide bonds. The molecule has 78 valence electrons. The normalized spacial score (nSPS) is 11.6. The molecule has 14 heavy (non-hydrogen) atoms. The van der Waals surface area contributed by atoms with Gasteiger partial charge in [0.25, 0.3) is 0 Å². The lowest BCUT2D eigenvalue weighted by atomic mass is 10.3. The molecule has 0 spiro atoms. The second-order valence-electron chi connectivity index (χ2n) is 2.76. The first-order valence-electron chi connectivity index (χ1n) is 3.79. The number of aromatic nitrogens is 2. The van der Waals surface area contributed by atoms with E-state index in [1.165, 1.54) is 0 Å². The highest BCUT2D eigenvalue weighted by Gasteiger charge is 2.09. The molecule has 0 radical (unpaired) electrons. The largest absolute Gasteiger partial charge is 0.302 e. The Morgan fingerprint density at radius 1 is 1.50 bits per heavy atom. The standard InChI is InChI=1S/C7H8ClFN2O2S/c1-5-4-6(11-7(8)10-5)2-3-14(9,12)13/h4H,2-3H2,1H3. The monoisotopic (exact) mass is 238 g/mol. The Labute approximate surface area is 86.4 Å². The van der Waals surface area contributed by atoms with Crippen LogP contribution in [0.25, 0.3) is 0 Å². The Morgan fingerprint density at radius 3 is 2.64 bits per heavy atom. The number of hydrogen-bond donors (Lipinski definition) is 0. The smallest absolute Gasteiger partial charge is 0.223 e. The van der Waals surface area contributed by atoms with Crippen LogP contribution in [-0.2, 0) is 16.6 Å². The first-order chi connectivity index (χ1) is 6.37. The van der Waals surface area contributed by atoms with Gasteiger partial charge in [0.05, 0.1) is 5.75 Å². The summed E-state index contributed by atoms with van der Waals surface area (Å²) in [7, 11) is -4.45. The maximum Gasteiger partial charge on any atom is 0.302 e. The molecule has 0 saturated carbocycles. The van der Waals surface area contributed by atoms with E-state index in [4.69, 9.17) is 11.6 Å². The van der Waals surface area contributed by atoms with Gasteiger partial charge in [-0.25, -0.2) is 9.97 Å². The van der Waals surface area contributed by atoms with Crippen molar-refractivity contribution in [3.05, 3.63) is 22.7 Å². The van der Waals surface area contributed by atoms with Crippen molar-refractivity contribution in [3.8, 4) is 0 Å². The van der Waals surface area contributed by atoms with E-state index in [0.29, 0.717) is 11.4 Å². The van der Waals surface area contributed by atoms with E-state index in [1.54, 1.807) is 13.0 Å². The summed E-state index contributed by atoms with van der Waals surface area (Å²) in [4.78, 5) is 7.55. The van der Waals surface area contributed by atoms with E-state index >= 15 is 0 Å². The van der Waals surface area contributed by atoms with Gasteiger partial charge < -0.3 is 0 Å². The Bertz CT molecular complexity index is 415. The van der Waals surface area contributed by atoms with Crippen molar-refractivity contribution in [2.45, 2.75) is 13.3 Å². The van der Waals surface area contributed by atoms with Crippen LogP contribution in [0, 0.1) is 6.92 Å². The molecule has 0 atom stereocenters. The topological polar surface area (TPSA) is 59.9 Å². The molecule has 0 fully saturated rings. The SMILES string of the molecule is Cc1cc(CCS(=O)(=O)F)nc(Cl)n1. The fraction of sp³-hybridized carbons (Fsp3) is 0.429. The maximum atomic E-state index is 12.2. The van der Waals surface area contributed by atoms with Crippen molar-refractivity contribution in [2.24, 2.45) is 0 Å². The summed E-state index contributed by atoms with van der Waals surface area (Å²) in [6, 6.07) is 1.57. The van der Waals surface area contributed by atoms with Crippen LogP contribution < -0.4 is 0 Å². The number of rotatable bonds is 3. The van der Waals surface area contributed by atoms with E-state index in [2.05, 4.69) is 9.97 Å². The lowest BCUT2D eigenvalue weighted by Crippen LogP contribution is -2.04. The quantitative estimate of drug-likeness (QED) is 0.588. The number of aryl methyl sites for hydroxylation is 2. The van der Waals surface area contributed by atoms with Crippen LogP contribution in [0.3, 0.4) is 0 Å². The Kier molecular flexibility index (Phi) is 3.38. The van der Waals surface area contributed by atoms with Crippen molar-refractivity contribution in [1.82, 2.24) is 9.97 Å². The van der Waals surface area contributed by atoms with Crippen LogP contribution in [0.4, 0.5) is 3.89 Å². The summed E-state index contributed by atoms with van der Waals surface area (Å²) in [6.07, 6.45) is 0.00190. The maximum absolute atomic E-state index is 12.2. The van der Waals surface area contributed by atoms with E-state index in [9.17, 15) is 12.3 Å². The van der Waals surface area contributed by atoms with E-state index in [1.807, 2.05) is 0 Å². The molecule has 0 aromatic carbocycles. The second kappa shape index (κ2) is 4.18. The molecule has 0 saturated heterocycles. The van der Waals surface area contributed by atoms with E-state index in [-0.39, 0.29) is 11.7 Å². The van der Waals surface area contributed by atoms with Crippen molar-refractivity contribution in [1.29, 1.82) is 0 Å². The summed E-state index contributed by atoms with van der Waals surface area (Å²) in [6.45, 7) is 1.70. The van der Waals surface area contributed by atoms with Crippen molar-refractivity contribution in [2.75, 3.05) is 5.75 Å². The van der Waals surface area contributed by atoms with Crippen LogP contribution in [0.5, 0.6) is 0 Å². The minimum atomic E-state index is -4.45. The van der Waals surface area contributed by atoms with Crippen molar-refractivity contribution >= 4 is 21.8 Å². The van der Waals surface area contributed by atoms with Crippen LogP contribution in [0.15, 0.2) is 6.07 Å². The zero-order valence-electron chi connectivity index (χ0n) is 7.37. The first-order valence-corrected chi connectivity index (χ1v) is 5.72. The highest BCUT2D eigenvalue weighted by atomic mass is 35.5. The molecule has 0 aliphatic heterocycles. The highest BCUT2D eigenvalue weighted by molar-refractivity contribution is 7.86. The van der Waals surface area contributed by atoms with Gasteiger partial charge in [-0.15, -0.1) is 3.89 Å². The predicted molar refractivity (Wildman–Crippen MR) is 50.4 cm³/mol. The van der Waals surface area contributed by atoms with Gasteiger partial charge in [0.15, 0.2) is 0 Å². The summed E-state index contributed by atoms with van der Waals surface area (Å²) >= 11 is 5.53.